The van der Waals surface area contributed by atoms with Gasteiger partial charge in [-0.2, -0.15) is 4.57 Å². The first-order chi connectivity index (χ1) is 11.3. The summed E-state index contributed by atoms with van der Waals surface area (Å²) in [6.07, 6.45) is 6.99. The molecule has 0 aliphatic rings. The fourth-order valence-electron chi connectivity index (χ4n) is 2.79. The highest BCUT2D eigenvalue weighted by atomic mass is 32.1. The third-order valence-corrected chi connectivity index (χ3v) is 5.11. The molecule has 4 rings (SSSR count). The van der Waals surface area contributed by atoms with E-state index in [0.29, 0.717) is 0 Å². The Kier molecular flexibility index (Phi) is 3.39. The fraction of sp³-hybridized carbons (Fsp3) is 0.105. The van der Waals surface area contributed by atoms with Gasteiger partial charge in [-0.15, -0.1) is 0 Å². The molecule has 1 aromatic carbocycles. The summed E-state index contributed by atoms with van der Waals surface area (Å²) >= 11 is 1.75. The molecule has 0 saturated heterocycles. The van der Waals surface area contributed by atoms with Crippen LogP contribution in [0.25, 0.3) is 27.9 Å². The Bertz CT molecular complexity index is 882. The quantitative estimate of drug-likeness (QED) is 0.488. The highest BCUT2D eigenvalue weighted by molar-refractivity contribution is 7.09. The molecule has 0 fully saturated rings. The second-order valence-electron chi connectivity index (χ2n) is 5.46. The Labute approximate surface area is 138 Å². The highest BCUT2D eigenvalue weighted by Crippen LogP contribution is 2.34. The monoisotopic (exact) mass is 322 g/mol. The van der Waals surface area contributed by atoms with E-state index in [-0.39, 0.29) is 0 Å². The molecule has 4 heteroatoms. The molecule has 0 atom stereocenters. The van der Waals surface area contributed by atoms with Gasteiger partial charge in [0.2, 0.25) is 11.2 Å². The number of aryl methyl sites for hydroxylation is 1. The number of furan rings is 2. The van der Waals surface area contributed by atoms with Crippen molar-refractivity contribution >= 4 is 11.3 Å². The van der Waals surface area contributed by atoms with E-state index in [1.165, 1.54) is 10.6 Å². The molecule has 23 heavy (non-hydrogen) atoms. The number of nitrogens with zero attached hydrogens (tertiary/aromatic N) is 1. The predicted molar refractivity (Wildman–Crippen MR) is 90.7 cm³/mol. The molecule has 0 spiro atoms. The molecular formula is C19H16NO2S+. The second-order valence-corrected chi connectivity index (χ2v) is 6.52. The van der Waals surface area contributed by atoms with Crippen LogP contribution in [0.2, 0.25) is 0 Å². The molecule has 0 radical (unpaired) electrons. The van der Waals surface area contributed by atoms with Crippen LogP contribution in [-0.2, 0) is 0 Å². The predicted octanol–water partition coefficient (Wildman–Crippen LogP) is 5.16. The minimum atomic E-state index is 1.07. The molecule has 0 aliphatic carbocycles. The van der Waals surface area contributed by atoms with Gasteiger partial charge in [0, 0.05) is 18.1 Å². The minimum Gasteiger partial charge on any atom is -0.472 e. The molecule has 0 aliphatic heterocycles. The molecule has 3 nitrogen and oxygen atoms in total. The molecule has 3 heterocycles. The van der Waals surface area contributed by atoms with Gasteiger partial charge < -0.3 is 8.83 Å². The average molecular weight is 322 g/mol. The summed E-state index contributed by atoms with van der Waals surface area (Å²) in [5, 5.41) is 0. The number of hydrogen-bond donors (Lipinski definition) is 0. The van der Waals surface area contributed by atoms with Crippen LogP contribution in [0.15, 0.2) is 69.7 Å². The van der Waals surface area contributed by atoms with Crippen molar-refractivity contribution in [3.8, 4) is 27.9 Å². The first-order valence-corrected chi connectivity index (χ1v) is 8.28. The van der Waals surface area contributed by atoms with Gasteiger partial charge in [0.25, 0.3) is 0 Å². The zero-order valence-corrected chi connectivity index (χ0v) is 13.8. The summed E-state index contributed by atoms with van der Waals surface area (Å²) in [5.41, 5.74) is 8.98. The smallest absolute Gasteiger partial charge is 0.231 e. The van der Waals surface area contributed by atoms with E-state index < -0.39 is 0 Å². The van der Waals surface area contributed by atoms with Crippen molar-refractivity contribution in [2.45, 2.75) is 13.8 Å². The molecule has 0 bridgehead atoms. The number of thiazole rings is 1. The molecule has 4 aromatic rings. The van der Waals surface area contributed by atoms with Gasteiger partial charge in [-0.25, -0.2) is 0 Å². The Balaban J connectivity index is 2.06. The molecule has 114 valence electrons. The van der Waals surface area contributed by atoms with Crippen LogP contribution in [0.1, 0.15) is 10.6 Å². The van der Waals surface area contributed by atoms with E-state index in [9.17, 15) is 0 Å². The maximum atomic E-state index is 5.30. The van der Waals surface area contributed by atoms with Gasteiger partial charge in [0.15, 0.2) is 5.69 Å². The molecule has 0 N–H and O–H groups in total. The molecule has 0 saturated carbocycles. The second kappa shape index (κ2) is 5.56. The van der Waals surface area contributed by atoms with Crippen molar-refractivity contribution in [2.24, 2.45) is 0 Å². The number of para-hydroxylation sites is 1. The summed E-state index contributed by atoms with van der Waals surface area (Å²) in [5.74, 6) is 0. The van der Waals surface area contributed by atoms with E-state index in [1.807, 2.05) is 12.1 Å². The van der Waals surface area contributed by atoms with Crippen LogP contribution in [-0.4, -0.2) is 0 Å². The average Bonchev–Trinajstić information content (AvgIpc) is 3.31. The summed E-state index contributed by atoms with van der Waals surface area (Å²) in [6, 6.07) is 10.3. The third kappa shape index (κ3) is 2.32. The third-order valence-electron chi connectivity index (χ3n) is 4.15. The topological polar surface area (TPSA) is 30.2 Å². The first kappa shape index (κ1) is 14.0. The zero-order chi connectivity index (χ0) is 15.8. The van der Waals surface area contributed by atoms with Crippen molar-refractivity contribution in [1.29, 1.82) is 0 Å². The number of benzene rings is 1. The van der Waals surface area contributed by atoms with E-state index in [4.69, 9.17) is 8.83 Å². The van der Waals surface area contributed by atoms with E-state index >= 15 is 0 Å². The Morgan fingerprint density at radius 3 is 1.91 bits per heavy atom. The van der Waals surface area contributed by atoms with E-state index in [0.717, 1.165) is 27.9 Å². The van der Waals surface area contributed by atoms with Gasteiger partial charge in [0.1, 0.15) is 0 Å². The summed E-state index contributed by atoms with van der Waals surface area (Å²) in [6.45, 7) is 4.30. The largest absolute Gasteiger partial charge is 0.472 e. The number of aromatic nitrogens is 1. The lowest BCUT2D eigenvalue weighted by Gasteiger charge is -2.08. The van der Waals surface area contributed by atoms with Crippen molar-refractivity contribution in [3.63, 3.8) is 0 Å². The Hall–Kier alpha value is -2.59. The van der Waals surface area contributed by atoms with Crippen LogP contribution in [0.4, 0.5) is 0 Å². The van der Waals surface area contributed by atoms with Crippen molar-refractivity contribution in [2.75, 3.05) is 0 Å². The Morgan fingerprint density at radius 2 is 1.48 bits per heavy atom. The van der Waals surface area contributed by atoms with Crippen LogP contribution < -0.4 is 4.57 Å². The van der Waals surface area contributed by atoms with E-state index in [2.05, 4.69) is 42.1 Å². The zero-order valence-electron chi connectivity index (χ0n) is 12.9. The lowest BCUT2D eigenvalue weighted by atomic mass is 9.98. The summed E-state index contributed by atoms with van der Waals surface area (Å²) in [4.78, 5) is 1.31. The van der Waals surface area contributed by atoms with Crippen LogP contribution in [0.5, 0.6) is 0 Å². The van der Waals surface area contributed by atoms with Gasteiger partial charge >= 0.3 is 0 Å². The molecule has 0 amide bonds. The number of rotatable bonds is 3. The van der Waals surface area contributed by atoms with Crippen LogP contribution in [0, 0.1) is 13.8 Å². The maximum absolute atomic E-state index is 5.30. The van der Waals surface area contributed by atoms with E-state index in [1.54, 1.807) is 36.4 Å². The summed E-state index contributed by atoms with van der Waals surface area (Å²) in [7, 11) is 0. The van der Waals surface area contributed by atoms with Gasteiger partial charge in [-0.1, -0.05) is 17.4 Å². The number of hydrogen-bond acceptors (Lipinski definition) is 3. The van der Waals surface area contributed by atoms with Crippen LogP contribution in [0.3, 0.4) is 0 Å². The Morgan fingerprint density at radius 1 is 0.870 bits per heavy atom. The SMILES string of the molecule is Cc1sc[n+](-c2c(-c3ccoc3)cccc2-c2ccoc2)c1C. The normalized spacial score (nSPS) is 11.0. The highest BCUT2D eigenvalue weighted by Gasteiger charge is 2.25. The van der Waals surface area contributed by atoms with Gasteiger partial charge in [-0.05, 0) is 31.2 Å². The van der Waals surface area contributed by atoms with Gasteiger partial charge in [0.05, 0.1) is 41.1 Å². The molecule has 3 aromatic heterocycles. The van der Waals surface area contributed by atoms with Crippen molar-refractivity contribution in [1.82, 2.24) is 0 Å². The molecule has 0 unspecified atom stereocenters. The summed E-state index contributed by atoms with van der Waals surface area (Å²) < 4.78 is 12.9. The fourth-order valence-corrected chi connectivity index (χ4v) is 3.59. The lowest BCUT2D eigenvalue weighted by molar-refractivity contribution is -0.596. The van der Waals surface area contributed by atoms with Crippen molar-refractivity contribution < 1.29 is 13.4 Å². The first-order valence-electron chi connectivity index (χ1n) is 7.40. The maximum Gasteiger partial charge on any atom is 0.231 e. The lowest BCUT2D eigenvalue weighted by Crippen LogP contribution is -2.32. The van der Waals surface area contributed by atoms with Gasteiger partial charge in [-0.3, -0.25) is 0 Å². The minimum absolute atomic E-state index is 1.07. The molecular weight excluding hydrogens is 306 g/mol. The van der Waals surface area contributed by atoms with Crippen LogP contribution >= 0.6 is 11.3 Å². The van der Waals surface area contributed by atoms with Crippen molar-refractivity contribution in [3.05, 3.63) is 71.5 Å². The standard InChI is InChI=1S/C19H16NO2S/c1-13-14(2)23-12-20(13)19-17(15-6-8-21-10-15)4-3-5-18(19)16-7-9-22-11-16/h3-12H,1-2H3/q+1.